The van der Waals surface area contributed by atoms with Crippen molar-refractivity contribution in [2.24, 2.45) is 11.3 Å². The highest BCUT2D eigenvalue weighted by molar-refractivity contribution is 4.79. The maximum Gasteiger partial charge on any atom is 0.00920 e. The summed E-state index contributed by atoms with van der Waals surface area (Å²) in [5.41, 5.74) is 0.420. The van der Waals surface area contributed by atoms with Crippen molar-refractivity contribution in [1.29, 1.82) is 0 Å². The molecule has 0 aliphatic rings. The minimum Gasteiger partial charge on any atom is -0.317 e. The molecule has 0 heterocycles. The molecule has 11 heavy (non-hydrogen) atoms. The van der Waals surface area contributed by atoms with Crippen LogP contribution in [-0.4, -0.2) is 13.1 Å². The summed E-state index contributed by atoms with van der Waals surface area (Å²) < 4.78 is 0. The Hall–Kier alpha value is -0.0400. The molecule has 1 heteroatoms. The highest BCUT2D eigenvalue weighted by Gasteiger charge is 2.25. The monoisotopic (exact) mass is 157 g/mol. The van der Waals surface area contributed by atoms with Gasteiger partial charge in [0.05, 0.1) is 0 Å². The van der Waals surface area contributed by atoms with Crippen LogP contribution in [0.25, 0.3) is 0 Å². The zero-order chi connectivity index (χ0) is 9.07. The Labute approximate surface area is 71.6 Å². The Morgan fingerprint density at radius 2 is 1.73 bits per heavy atom. The van der Waals surface area contributed by atoms with Gasteiger partial charge in [-0.25, -0.2) is 0 Å². The molecule has 1 N–H and O–H groups in total. The van der Waals surface area contributed by atoms with E-state index in [9.17, 15) is 0 Å². The lowest BCUT2D eigenvalue weighted by Crippen LogP contribution is -2.38. The predicted octanol–water partition coefficient (Wildman–Crippen LogP) is 2.67. The molecular weight excluding hydrogens is 134 g/mol. The van der Waals surface area contributed by atoms with Crippen LogP contribution >= 0.6 is 0 Å². The standard InChI is InChI=1S/C10H23N/c1-7-9(11-6)8(2)10(3,4)5/h8-9,11H,7H2,1-6H3. The quantitative estimate of drug-likeness (QED) is 0.664. The molecule has 0 rings (SSSR count). The van der Waals surface area contributed by atoms with Gasteiger partial charge in [0.2, 0.25) is 0 Å². The Morgan fingerprint density at radius 3 is 1.82 bits per heavy atom. The Morgan fingerprint density at radius 1 is 1.27 bits per heavy atom. The maximum atomic E-state index is 3.36. The van der Waals surface area contributed by atoms with Crippen LogP contribution in [0, 0.1) is 11.3 Å². The van der Waals surface area contributed by atoms with Gasteiger partial charge in [-0.3, -0.25) is 0 Å². The average Bonchev–Trinajstić information content (AvgIpc) is 1.88. The van der Waals surface area contributed by atoms with Crippen LogP contribution in [-0.2, 0) is 0 Å². The third kappa shape index (κ3) is 3.24. The third-order valence-corrected chi connectivity index (χ3v) is 2.78. The largest absolute Gasteiger partial charge is 0.317 e. The van der Waals surface area contributed by atoms with Gasteiger partial charge in [-0.1, -0.05) is 34.6 Å². The van der Waals surface area contributed by atoms with Crippen LogP contribution in [0.1, 0.15) is 41.0 Å². The lowest BCUT2D eigenvalue weighted by molar-refractivity contribution is 0.199. The molecule has 0 bridgehead atoms. The van der Waals surface area contributed by atoms with Gasteiger partial charge in [-0.2, -0.15) is 0 Å². The van der Waals surface area contributed by atoms with Gasteiger partial charge in [0.15, 0.2) is 0 Å². The van der Waals surface area contributed by atoms with Gasteiger partial charge in [-0.15, -0.1) is 0 Å². The van der Waals surface area contributed by atoms with Crippen LogP contribution in [0.4, 0.5) is 0 Å². The minimum absolute atomic E-state index is 0.420. The van der Waals surface area contributed by atoms with Gasteiger partial charge in [-0.05, 0) is 24.8 Å². The molecule has 68 valence electrons. The lowest BCUT2D eigenvalue weighted by atomic mass is 9.77. The molecule has 0 radical (unpaired) electrons. The van der Waals surface area contributed by atoms with Crippen molar-refractivity contribution in [3.8, 4) is 0 Å². The fraction of sp³-hybridized carbons (Fsp3) is 1.00. The molecular formula is C10H23N. The molecule has 2 unspecified atom stereocenters. The highest BCUT2D eigenvalue weighted by Crippen LogP contribution is 2.28. The van der Waals surface area contributed by atoms with E-state index in [4.69, 9.17) is 0 Å². The van der Waals surface area contributed by atoms with E-state index in [0.29, 0.717) is 11.5 Å². The molecule has 0 saturated heterocycles. The van der Waals surface area contributed by atoms with Crippen molar-refractivity contribution in [3.05, 3.63) is 0 Å². The van der Waals surface area contributed by atoms with E-state index in [1.807, 2.05) is 0 Å². The Bertz CT molecular complexity index is 97.9. The topological polar surface area (TPSA) is 12.0 Å². The van der Waals surface area contributed by atoms with Crippen LogP contribution in [0.5, 0.6) is 0 Å². The normalized spacial score (nSPS) is 18.0. The van der Waals surface area contributed by atoms with E-state index in [2.05, 4.69) is 47.0 Å². The van der Waals surface area contributed by atoms with Gasteiger partial charge < -0.3 is 5.32 Å². The van der Waals surface area contributed by atoms with Crippen LogP contribution in [0.3, 0.4) is 0 Å². The van der Waals surface area contributed by atoms with Crippen LogP contribution < -0.4 is 5.32 Å². The maximum absolute atomic E-state index is 3.36. The first kappa shape index (κ1) is 11.0. The van der Waals surface area contributed by atoms with Crippen molar-refractivity contribution < 1.29 is 0 Å². The molecule has 0 saturated carbocycles. The molecule has 0 aromatic carbocycles. The fourth-order valence-electron chi connectivity index (χ4n) is 1.41. The van der Waals surface area contributed by atoms with E-state index < -0.39 is 0 Å². The van der Waals surface area contributed by atoms with Crippen molar-refractivity contribution in [2.75, 3.05) is 7.05 Å². The van der Waals surface area contributed by atoms with E-state index in [-0.39, 0.29) is 0 Å². The lowest BCUT2D eigenvalue weighted by Gasteiger charge is -2.33. The zero-order valence-corrected chi connectivity index (χ0v) is 8.86. The molecule has 0 aliphatic heterocycles. The number of hydrogen-bond donors (Lipinski definition) is 1. The summed E-state index contributed by atoms with van der Waals surface area (Å²) in [4.78, 5) is 0. The van der Waals surface area contributed by atoms with E-state index >= 15 is 0 Å². The Kier molecular flexibility index (Phi) is 4.09. The summed E-state index contributed by atoms with van der Waals surface area (Å²) in [5, 5.41) is 3.36. The minimum atomic E-state index is 0.420. The molecule has 0 amide bonds. The molecule has 2 atom stereocenters. The van der Waals surface area contributed by atoms with Gasteiger partial charge in [0, 0.05) is 6.04 Å². The summed E-state index contributed by atoms with van der Waals surface area (Å²) in [5.74, 6) is 0.734. The van der Waals surface area contributed by atoms with E-state index in [1.54, 1.807) is 0 Å². The van der Waals surface area contributed by atoms with E-state index in [0.717, 1.165) is 5.92 Å². The molecule has 0 fully saturated rings. The molecule has 0 aromatic heterocycles. The average molecular weight is 157 g/mol. The highest BCUT2D eigenvalue weighted by atomic mass is 14.9. The Balaban J connectivity index is 4.09. The van der Waals surface area contributed by atoms with Gasteiger partial charge >= 0.3 is 0 Å². The van der Waals surface area contributed by atoms with Gasteiger partial charge in [0.1, 0.15) is 0 Å². The van der Waals surface area contributed by atoms with Crippen LogP contribution in [0.2, 0.25) is 0 Å². The van der Waals surface area contributed by atoms with Crippen molar-refractivity contribution in [2.45, 2.75) is 47.1 Å². The second-order valence-corrected chi connectivity index (χ2v) is 4.46. The number of hydrogen-bond acceptors (Lipinski definition) is 1. The van der Waals surface area contributed by atoms with Gasteiger partial charge in [0.25, 0.3) is 0 Å². The summed E-state index contributed by atoms with van der Waals surface area (Å²) in [6, 6.07) is 0.662. The number of nitrogens with one attached hydrogen (secondary N) is 1. The fourth-order valence-corrected chi connectivity index (χ4v) is 1.41. The molecule has 0 aromatic rings. The summed E-state index contributed by atoms with van der Waals surface area (Å²) in [7, 11) is 2.05. The molecule has 0 aliphatic carbocycles. The SMILES string of the molecule is CCC(NC)C(C)C(C)(C)C. The molecule has 1 nitrogen and oxygen atoms in total. The number of rotatable bonds is 3. The van der Waals surface area contributed by atoms with Crippen LogP contribution in [0.15, 0.2) is 0 Å². The van der Waals surface area contributed by atoms with Crippen molar-refractivity contribution in [1.82, 2.24) is 5.32 Å². The first-order valence-corrected chi connectivity index (χ1v) is 4.60. The zero-order valence-electron chi connectivity index (χ0n) is 8.86. The summed E-state index contributed by atoms with van der Waals surface area (Å²) >= 11 is 0. The third-order valence-electron chi connectivity index (χ3n) is 2.78. The first-order chi connectivity index (χ1) is 4.93. The van der Waals surface area contributed by atoms with Crippen molar-refractivity contribution in [3.63, 3.8) is 0 Å². The molecule has 0 spiro atoms. The second-order valence-electron chi connectivity index (χ2n) is 4.46. The van der Waals surface area contributed by atoms with E-state index in [1.165, 1.54) is 6.42 Å². The summed E-state index contributed by atoms with van der Waals surface area (Å²) in [6.45, 7) is 11.5. The second kappa shape index (κ2) is 4.10. The predicted molar refractivity (Wildman–Crippen MR) is 51.8 cm³/mol. The van der Waals surface area contributed by atoms with Crippen molar-refractivity contribution >= 4 is 0 Å². The summed E-state index contributed by atoms with van der Waals surface area (Å²) in [6.07, 6.45) is 1.22. The smallest absolute Gasteiger partial charge is 0.00920 e. The first-order valence-electron chi connectivity index (χ1n) is 4.60.